The molecule has 0 bridgehead atoms. The predicted molar refractivity (Wildman–Crippen MR) is 69.2 cm³/mol. The van der Waals surface area contributed by atoms with E-state index in [1.54, 1.807) is 5.38 Å². The Bertz CT molecular complexity index is 379. The van der Waals surface area contributed by atoms with Crippen molar-refractivity contribution in [1.82, 2.24) is 4.98 Å². The van der Waals surface area contributed by atoms with Crippen LogP contribution < -0.4 is 11.1 Å². The Balaban J connectivity index is 2.59. The topological polar surface area (TPSA) is 88.2 Å². The number of carboxylic acids is 1. The number of nitrogens with one attached hydrogen (secondary N) is 1. The largest absolute Gasteiger partial charge is 0.480 e. The van der Waals surface area contributed by atoms with Gasteiger partial charge in [-0.05, 0) is 19.3 Å². The van der Waals surface area contributed by atoms with Gasteiger partial charge in [-0.3, -0.25) is 4.79 Å². The molecule has 0 aromatic carbocycles. The third kappa shape index (κ3) is 4.32. The molecule has 0 fully saturated rings. The number of hydrogen-bond donors (Lipinski definition) is 3. The van der Waals surface area contributed by atoms with Crippen molar-refractivity contribution in [2.75, 3.05) is 5.32 Å². The fourth-order valence-corrected chi connectivity index (χ4v) is 2.46. The highest BCUT2D eigenvalue weighted by Crippen LogP contribution is 2.21. The Labute approximate surface area is 105 Å². The Hall–Kier alpha value is -1.14. The molecule has 1 heterocycles. The van der Waals surface area contributed by atoms with Crippen LogP contribution >= 0.6 is 11.3 Å². The lowest BCUT2D eigenvalue weighted by Crippen LogP contribution is -2.21. The summed E-state index contributed by atoms with van der Waals surface area (Å²) in [7, 11) is 0. The maximum absolute atomic E-state index is 10.7. The molecule has 0 aliphatic rings. The molecule has 0 aliphatic carbocycles. The molecule has 2 atom stereocenters. The molecule has 0 saturated carbocycles. The second kappa shape index (κ2) is 5.97. The molecule has 0 aliphatic heterocycles. The van der Waals surface area contributed by atoms with E-state index in [0.29, 0.717) is 17.7 Å². The van der Waals surface area contributed by atoms with Crippen molar-refractivity contribution >= 4 is 22.4 Å². The molecule has 17 heavy (non-hydrogen) atoms. The van der Waals surface area contributed by atoms with E-state index in [0.717, 1.165) is 11.6 Å². The molecule has 5 nitrogen and oxygen atoms in total. The first-order valence-electron chi connectivity index (χ1n) is 5.60. The Morgan fingerprint density at radius 1 is 1.59 bits per heavy atom. The summed E-state index contributed by atoms with van der Waals surface area (Å²) in [6.07, 6.45) is 1.04. The summed E-state index contributed by atoms with van der Waals surface area (Å²) in [5.41, 5.74) is 5.88. The number of nitrogens with two attached hydrogens (primary N) is 1. The van der Waals surface area contributed by atoms with Gasteiger partial charge in [0.05, 0.1) is 5.69 Å². The minimum Gasteiger partial charge on any atom is -0.480 e. The zero-order chi connectivity index (χ0) is 13.0. The third-order valence-corrected chi connectivity index (χ3v) is 3.09. The zero-order valence-corrected chi connectivity index (χ0v) is 11.1. The van der Waals surface area contributed by atoms with Crippen molar-refractivity contribution in [3.8, 4) is 0 Å². The van der Waals surface area contributed by atoms with Gasteiger partial charge in [0.15, 0.2) is 5.13 Å². The van der Waals surface area contributed by atoms with Gasteiger partial charge in [0, 0.05) is 11.4 Å². The summed E-state index contributed by atoms with van der Waals surface area (Å²) in [6.45, 7) is 6.40. The lowest BCUT2D eigenvalue weighted by atomic mass is 10.1. The Kier molecular flexibility index (Phi) is 4.89. The average molecular weight is 257 g/mol. The molecular weight excluding hydrogens is 238 g/mol. The summed E-state index contributed by atoms with van der Waals surface area (Å²) >= 11 is 1.39. The van der Waals surface area contributed by atoms with Gasteiger partial charge in [-0.25, -0.2) is 4.98 Å². The monoisotopic (exact) mass is 257 g/mol. The van der Waals surface area contributed by atoms with Crippen LogP contribution in [0.2, 0.25) is 0 Å². The second-order valence-electron chi connectivity index (χ2n) is 4.57. The first-order chi connectivity index (χ1) is 7.90. The first-order valence-corrected chi connectivity index (χ1v) is 6.48. The van der Waals surface area contributed by atoms with Gasteiger partial charge >= 0.3 is 5.97 Å². The van der Waals surface area contributed by atoms with Gasteiger partial charge in [0.1, 0.15) is 6.04 Å². The molecule has 0 radical (unpaired) electrons. The number of hydrogen-bond acceptors (Lipinski definition) is 5. The first kappa shape index (κ1) is 13.9. The maximum atomic E-state index is 10.7. The molecule has 0 amide bonds. The summed E-state index contributed by atoms with van der Waals surface area (Å²) in [5.74, 6) is -0.449. The molecule has 96 valence electrons. The van der Waals surface area contributed by atoms with Crippen LogP contribution in [0.3, 0.4) is 0 Å². The van der Waals surface area contributed by atoms with Crippen LogP contribution in [0.4, 0.5) is 5.13 Å². The van der Waals surface area contributed by atoms with Crippen LogP contribution in [-0.4, -0.2) is 22.1 Å². The van der Waals surface area contributed by atoms with E-state index >= 15 is 0 Å². The number of carboxylic acid groups (broad SMARTS) is 1. The summed E-state index contributed by atoms with van der Waals surface area (Å²) in [5, 5.41) is 14.4. The highest BCUT2D eigenvalue weighted by atomic mass is 32.1. The van der Waals surface area contributed by atoms with E-state index in [-0.39, 0.29) is 0 Å². The molecule has 6 heteroatoms. The van der Waals surface area contributed by atoms with Crippen molar-refractivity contribution in [2.45, 2.75) is 39.3 Å². The van der Waals surface area contributed by atoms with Crippen LogP contribution in [0.5, 0.6) is 0 Å². The lowest BCUT2D eigenvalue weighted by molar-refractivity contribution is -0.138. The summed E-state index contributed by atoms with van der Waals surface area (Å²) < 4.78 is 0. The van der Waals surface area contributed by atoms with E-state index in [4.69, 9.17) is 10.8 Å². The minimum atomic E-state index is -1.06. The van der Waals surface area contributed by atoms with E-state index in [1.807, 2.05) is 0 Å². The fraction of sp³-hybridized carbons (Fsp3) is 0.636. The number of aliphatic carboxylic acids is 1. The maximum Gasteiger partial charge on any atom is 0.326 e. The van der Waals surface area contributed by atoms with Gasteiger partial charge in [0.25, 0.3) is 0 Å². The molecular formula is C11H19N3O2S. The number of thiazole rings is 1. The number of carbonyl (C=O) groups is 1. The fourth-order valence-electron chi connectivity index (χ4n) is 1.60. The van der Waals surface area contributed by atoms with Gasteiger partial charge in [-0.1, -0.05) is 13.8 Å². The molecule has 1 rings (SSSR count). The number of anilines is 1. The highest BCUT2D eigenvalue weighted by Gasteiger charge is 2.18. The predicted octanol–water partition coefficient (Wildman–Crippen LogP) is 2.07. The van der Waals surface area contributed by atoms with Crippen molar-refractivity contribution in [2.24, 2.45) is 11.7 Å². The quantitative estimate of drug-likeness (QED) is 0.726. The van der Waals surface area contributed by atoms with Gasteiger partial charge in [-0.15, -0.1) is 11.3 Å². The highest BCUT2D eigenvalue weighted by molar-refractivity contribution is 7.13. The van der Waals surface area contributed by atoms with Crippen LogP contribution in [0, 0.1) is 5.92 Å². The van der Waals surface area contributed by atoms with Crippen molar-refractivity contribution in [1.29, 1.82) is 0 Å². The van der Waals surface area contributed by atoms with Gasteiger partial charge < -0.3 is 16.2 Å². The van der Waals surface area contributed by atoms with E-state index in [1.165, 1.54) is 11.3 Å². The summed E-state index contributed by atoms with van der Waals surface area (Å²) in [6, 6.07) is -0.725. The molecule has 1 aromatic rings. The van der Waals surface area contributed by atoms with E-state index < -0.39 is 12.0 Å². The number of nitrogens with zero attached hydrogens (tertiary/aromatic N) is 1. The van der Waals surface area contributed by atoms with Gasteiger partial charge in [0.2, 0.25) is 0 Å². The molecule has 2 unspecified atom stereocenters. The summed E-state index contributed by atoms with van der Waals surface area (Å²) in [4.78, 5) is 14.9. The van der Waals surface area contributed by atoms with E-state index in [9.17, 15) is 4.79 Å². The van der Waals surface area contributed by atoms with Crippen LogP contribution in [0.25, 0.3) is 0 Å². The van der Waals surface area contributed by atoms with Crippen molar-refractivity contribution in [3.05, 3.63) is 11.1 Å². The zero-order valence-electron chi connectivity index (χ0n) is 10.3. The SMILES string of the molecule is CC(C)CC(C)Nc1nc(C(N)C(=O)O)cs1. The standard InChI is InChI=1S/C11H19N3O2S/c1-6(2)4-7(3)13-11-14-8(5-17-11)9(12)10(15)16/h5-7,9H,4,12H2,1-3H3,(H,13,14)(H,15,16). The Morgan fingerprint density at radius 2 is 2.24 bits per heavy atom. The molecule has 4 N–H and O–H groups in total. The lowest BCUT2D eigenvalue weighted by Gasteiger charge is -2.14. The minimum absolute atomic E-state index is 0.315. The van der Waals surface area contributed by atoms with Crippen LogP contribution in [0.1, 0.15) is 38.9 Å². The smallest absolute Gasteiger partial charge is 0.326 e. The molecule has 0 spiro atoms. The van der Waals surface area contributed by atoms with Crippen LogP contribution in [-0.2, 0) is 4.79 Å². The van der Waals surface area contributed by atoms with Crippen molar-refractivity contribution in [3.63, 3.8) is 0 Å². The molecule has 1 aromatic heterocycles. The van der Waals surface area contributed by atoms with Crippen molar-refractivity contribution < 1.29 is 9.90 Å². The Morgan fingerprint density at radius 3 is 2.76 bits per heavy atom. The van der Waals surface area contributed by atoms with Crippen LogP contribution in [0.15, 0.2) is 5.38 Å². The average Bonchev–Trinajstić information content (AvgIpc) is 2.63. The number of aromatic nitrogens is 1. The second-order valence-corrected chi connectivity index (χ2v) is 5.43. The normalized spacial score (nSPS) is 14.6. The molecule has 0 saturated heterocycles. The third-order valence-electron chi connectivity index (χ3n) is 2.30. The van der Waals surface area contributed by atoms with E-state index in [2.05, 4.69) is 31.1 Å². The van der Waals surface area contributed by atoms with Gasteiger partial charge in [-0.2, -0.15) is 0 Å². The number of rotatable bonds is 6.